The minimum atomic E-state index is -1.26. The van der Waals surface area contributed by atoms with Gasteiger partial charge in [0, 0.05) is 23.5 Å². The van der Waals surface area contributed by atoms with Crippen LogP contribution in [0.25, 0.3) is 10.9 Å². The van der Waals surface area contributed by atoms with Crippen LogP contribution in [-0.4, -0.2) is 21.5 Å². The number of hydrogen-bond acceptors (Lipinski definition) is 2. The summed E-state index contributed by atoms with van der Waals surface area (Å²) < 4.78 is 0. The van der Waals surface area contributed by atoms with Crippen molar-refractivity contribution in [2.24, 2.45) is 5.92 Å². The number of aromatic amines is 1. The van der Waals surface area contributed by atoms with Gasteiger partial charge in [0.05, 0.1) is 0 Å². The number of carbonyl (C=O) groups is 1. The van der Waals surface area contributed by atoms with Crippen molar-refractivity contribution in [3.05, 3.63) is 36.0 Å². The molecule has 1 heterocycles. The van der Waals surface area contributed by atoms with Crippen LogP contribution in [0.3, 0.4) is 0 Å². The van der Waals surface area contributed by atoms with Crippen LogP contribution in [0, 0.1) is 5.92 Å². The van der Waals surface area contributed by atoms with Gasteiger partial charge in [0.15, 0.2) is 5.78 Å². The second-order valence-corrected chi connectivity index (χ2v) is 6.33. The standard InChI is InChI=1S/C17H23NO2/c1-11(2)13(9-16(19)17(3,4)20)14-10-18-15-8-6-5-7-12(14)15/h5-8,10-11,13,18,20H,9H2,1-4H3/t13-/m1/s1. The number of fused-ring (bicyclic) bond motifs is 1. The molecule has 0 bridgehead atoms. The highest BCUT2D eigenvalue weighted by Crippen LogP contribution is 2.34. The van der Waals surface area contributed by atoms with E-state index in [1.807, 2.05) is 24.4 Å². The average molecular weight is 273 g/mol. The molecule has 3 heteroatoms. The second kappa shape index (κ2) is 5.41. The van der Waals surface area contributed by atoms with E-state index in [1.165, 1.54) is 0 Å². The highest BCUT2D eigenvalue weighted by atomic mass is 16.3. The topological polar surface area (TPSA) is 53.1 Å². The average Bonchev–Trinajstić information content (AvgIpc) is 2.77. The van der Waals surface area contributed by atoms with Gasteiger partial charge in [-0.05, 0) is 37.3 Å². The van der Waals surface area contributed by atoms with E-state index >= 15 is 0 Å². The Hall–Kier alpha value is -1.61. The molecule has 2 aromatic rings. The van der Waals surface area contributed by atoms with Crippen molar-refractivity contribution in [1.82, 2.24) is 4.98 Å². The largest absolute Gasteiger partial charge is 0.383 e. The zero-order valence-electron chi connectivity index (χ0n) is 12.6. The van der Waals surface area contributed by atoms with Gasteiger partial charge in [-0.25, -0.2) is 0 Å². The number of H-pyrrole nitrogens is 1. The Bertz CT molecular complexity index is 605. The molecule has 0 spiro atoms. The Morgan fingerprint density at radius 3 is 2.55 bits per heavy atom. The van der Waals surface area contributed by atoms with Crippen molar-refractivity contribution in [3.63, 3.8) is 0 Å². The smallest absolute Gasteiger partial charge is 0.164 e. The molecule has 3 nitrogen and oxygen atoms in total. The van der Waals surface area contributed by atoms with Crippen LogP contribution in [0.15, 0.2) is 30.5 Å². The summed E-state index contributed by atoms with van der Waals surface area (Å²) in [4.78, 5) is 15.4. The number of aliphatic hydroxyl groups is 1. The van der Waals surface area contributed by atoms with E-state index in [0.29, 0.717) is 12.3 Å². The molecule has 20 heavy (non-hydrogen) atoms. The molecule has 0 aliphatic carbocycles. The predicted octanol–water partition coefficient (Wildman–Crippen LogP) is 3.64. The number of Topliss-reactive ketones (excluding diaryl/α,β-unsaturated/α-hetero) is 1. The summed E-state index contributed by atoms with van der Waals surface area (Å²) in [6, 6.07) is 8.11. The maximum absolute atomic E-state index is 12.2. The summed E-state index contributed by atoms with van der Waals surface area (Å²) >= 11 is 0. The van der Waals surface area contributed by atoms with Crippen LogP contribution in [0.2, 0.25) is 0 Å². The Balaban J connectivity index is 2.37. The molecule has 0 radical (unpaired) electrons. The summed E-state index contributed by atoms with van der Waals surface area (Å²) in [7, 11) is 0. The van der Waals surface area contributed by atoms with Gasteiger partial charge in [0.1, 0.15) is 5.60 Å². The van der Waals surface area contributed by atoms with Crippen molar-refractivity contribution in [2.45, 2.75) is 45.6 Å². The molecule has 1 aromatic carbocycles. The lowest BCUT2D eigenvalue weighted by Gasteiger charge is -2.24. The minimum Gasteiger partial charge on any atom is -0.383 e. The highest BCUT2D eigenvalue weighted by molar-refractivity contribution is 5.89. The third-order valence-corrected chi connectivity index (χ3v) is 3.91. The zero-order valence-corrected chi connectivity index (χ0v) is 12.6. The van der Waals surface area contributed by atoms with Gasteiger partial charge in [-0.1, -0.05) is 32.0 Å². The van der Waals surface area contributed by atoms with Crippen LogP contribution < -0.4 is 0 Å². The first kappa shape index (κ1) is 14.8. The molecule has 108 valence electrons. The van der Waals surface area contributed by atoms with Gasteiger partial charge in [-0.15, -0.1) is 0 Å². The Labute approximate surface area is 120 Å². The maximum Gasteiger partial charge on any atom is 0.164 e. The lowest BCUT2D eigenvalue weighted by molar-refractivity contribution is -0.134. The quantitative estimate of drug-likeness (QED) is 0.874. The molecular weight excluding hydrogens is 250 g/mol. The number of para-hydroxylation sites is 1. The Morgan fingerprint density at radius 1 is 1.30 bits per heavy atom. The molecule has 0 aliphatic heterocycles. The number of hydrogen-bond donors (Lipinski definition) is 2. The first-order chi connectivity index (χ1) is 9.30. The third-order valence-electron chi connectivity index (χ3n) is 3.91. The van der Waals surface area contributed by atoms with Crippen LogP contribution in [-0.2, 0) is 4.79 Å². The van der Waals surface area contributed by atoms with E-state index in [-0.39, 0.29) is 11.7 Å². The number of ketones is 1. The van der Waals surface area contributed by atoms with Gasteiger partial charge in [0.25, 0.3) is 0 Å². The van der Waals surface area contributed by atoms with Crippen LogP contribution in [0.5, 0.6) is 0 Å². The lowest BCUT2D eigenvalue weighted by Crippen LogP contribution is -2.32. The van der Waals surface area contributed by atoms with Crippen molar-refractivity contribution in [3.8, 4) is 0 Å². The number of rotatable bonds is 5. The second-order valence-electron chi connectivity index (χ2n) is 6.33. The molecule has 0 fully saturated rings. The molecule has 2 N–H and O–H groups in total. The van der Waals surface area contributed by atoms with Crippen molar-refractivity contribution in [2.75, 3.05) is 0 Å². The van der Waals surface area contributed by atoms with E-state index in [0.717, 1.165) is 16.5 Å². The summed E-state index contributed by atoms with van der Waals surface area (Å²) in [5.41, 5.74) is 0.983. The molecule has 0 aliphatic rings. The van der Waals surface area contributed by atoms with E-state index in [2.05, 4.69) is 24.9 Å². The van der Waals surface area contributed by atoms with Crippen LogP contribution in [0.4, 0.5) is 0 Å². The SMILES string of the molecule is CC(C)[C@@H](CC(=O)C(C)(C)O)c1c[nH]c2ccccc12. The maximum atomic E-state index is 12.2. The lowest BCUT2D eigenvalue weighted by atomic mass is 9.81. The van der Waals surface area contributed by atoms with Crippen LogP contribution >= 0.6 is 0 Å². The molecule has 0 unspecified atom stereocenters. The molecule has 0 amide bonds. The van der Waals surface area contributed by atoms with Gasteiger partial charge in [-0.3, -0.25) is 4.79 Å². The molecular formula is C17H23NO2. The summed E-state index contributed by atoms with van der Waals surface area (Å²) in [5, 5.41) is 11.0. The fourth-order valence-corrected chi connectivity index (χ4v) is 2.56. The fraction of sp³-hybridized carbons (Fsp3) is 0.471. The van der Waals surface area contributed by atoms with Gasteiger partial charge >= 0.3 is 0 Å². The minimum absolute atomic E-state index is 0.110. The fourth-order valence-electron chi connectivity index (χ4n) is 2.56. The Morgan fingerprint density at radius 2 is 1.95 bits per heavy atom. The van der Waals surface area contributed by atoms with Gasteiger partial charge in [-0.2, -0.15) is 0 Å². The normalized spacial score (nSPS) is 13.9. The third kappa shape index (κ3) is 2.93. The van der Waals surface area contributed by atoms with Crippen molar-refractivity contribution >= 4 is 16.7 Å². The number of carbonyl (C=O) groups excluding carboxylic acids is 1. The highest BCUT2D eigenvalue weighted by Gasteiger charge is 2.29. The Kier molecular flexibility index (Phi) is 4.00. The van der Waals surface area contributed by atoms with Crippen molar-refractivity contribution < 1.29 is 9.90 Å². The van der Waals surface area contributed by atoms with Crippen molar-refractivity contribution in [1.29, 1.82) is 0 Å². The molecule has 0 saturated carbocycles. The summed E-state index contributed by atoms with van der Waals surface area (Å²) in [5.74, 6) is 0.340. The van der Waals surface area contributed by atoms with E-state index in [9.17, 15) is 9.90 Å². The van der Waals surface area contributed by atoms with E-state index in [1.54, 1.807) is 13.8 Å². The first-order valence-corrected chi connectivity index (χ1v) is 7.12. The molecule has 2 rings (SSSR count). The summed E-state index contributed by atoms with van der Waals surface area (Å²) in [6.07, 6.45) is 2.36. The van der Waals surface area contributed by atoms with E-state index < -0.39 is 5.60 Å². The predicted molar refractivity (Wildman–Crippen MR) is 81.8 cm³/mol. The van der Waals surface area contributed by atoms with Gasteiger partial charge in [0.2, 0.25) is 0 Å². The van der Waals surface area contributed by atoms with Crippen LogP contribution in [0.1, 0.15) is 45.6 Å². The molecule has 1 atom stereocenters. The number of nitrogens with one attached hydrogen (secondary N) is 1. The molecule has 1 aromatic heterocycles. The molecule has 0 saturated heterocycles. The number of benzene rings is 1. The van der Waals surface area contributed by atoms with Gasteiger partial charge < -0.3 is 10.1 Å². The first-order valence-electron chi connectivity index (χ1n) is 7.12. The number of aromatic nitrogens is 1. The monoisotopic (exact) mass is 273 g/mol. The zero-order chi connectivity index (χ0) is 14.9. The van der Waals surface area contributed by atoms with E-state index in [4.69, 9.17) is 0 Å². The summed E-state index contributed by atoms with van der Waals surface area (Å²) in [6.45, 7) is 7.35.